The minimum Gasteiger partial charge on any atom is -0.444 e. The number of anilines is 1. The lowest BCUT2D eigenvalue weighted by atomic mass is 9.98. The van der Waals surface area contributed by atoms with Gasteiger partial charge in [0.1, 0.15) is 5.60 Å². The SMILES string of the molecule is Cc1c(C=C2CCN(C(=O)OC(C)(C)C)CC2)cc(Cl)cc1NC(=O)c1cccc(C#N)c1. The van der Waals surface area contributed by atoms with Gasteiger partial charge in [-0.15, -0.1) is 0 Å². The van der Waals surface area contributed by atoms with E-state index >= 15 is 0 Å². The Morgan fingerprint density at radius 2 is 1.88 bits per heavy atom. The molecule has 0 radical (unpaired) electrons. The van der Waals surface area contributed by atoms with Crippen molar-refractivity contribution in [3.05, 3.63) is 69.2 Å². The number of hydrogen-bond donors (Lipinski definition) is 1. The molecule has 0 atom stereocenters. The largest absolute Gasteiger partial charge is 0.444 e. The number of carbonyl (C=O) groups is 2. The molecule has 2 amide bonds. The van der Waals surface area contributed by atoms with Gasteiger partial charge >= 0.3 is 6.09 Å². The van der Waals surface area contributed by atoms with Crippen LogP contribution in [0, 0.1) is 18.3 Å². The normalized spacial score (nSPS) is 13.8. The average molecular weight is 466 g/mol. The maximum absolute atomic E-state index is 12.7. The van der Waals surface area contributed by atoms with Crippen LogP contribution < -0.4 is 5.32 Å². The van der Waals surface area contributed by atoms with Crippen molar-refractivity contribution >= 4 is 35.4 Å². The molecule has 0 aliphatic carbocycles. The molecule has 1 fully saturated rings. The number of nitriles is 1. The lowest BCUT2D eigenvalue weighted by Gasteiger charge is -2.31. The number of halogens is 1. The van der Waals surface area contributed by atoms with Crippen LogP contribution in [-0.4, -0.2) is 35.6 Å². The number of piperidine rings is 1. The Morgan fingerprint density at radius 1 is 1.18 bits per heavy atom. The first-order valence-electron chi connectivity index (χ1n) is 10.8. The first kappa shape index (κ1) is 24.3. The second-order valence-corrected chi connectivity index (χ2v) is 9.52. The average Bonchev–Trinajstić information content (AvgIpc) is 2.76. The summed E-state index contributed by atoms with van der Waals surface area (Å²) in [5.74, 6) is -0.304. The minimum atomic E-state index is -0.512. The number of rotatable bonds is 3. The van der Waals surface area contributed by atoms with Gasteiger partial charge in [0.05, 0.1) is 11.6 Å². The van der Waals surface area contributed by atoms with Crippen LogP contribution in [0.1, 0.15) is 60.7 Å². The molecule has 1 aliphatic rings. The van der Waals surface area contributed by atoms with Gasteiger partial charge in [0.2, 0.25) is 0 Å². The zero-order valence-corrected chi connectivity index (χ0v) is 20.1. The van der Waals surface area contributed by atoms with Crippen molar-refractivity contribution in [2.24, 2.45) is 0 Å². The molecule has 1 aliphatic heterocycles. The van der Waals surface area contributed by atoms with Crippen molar-refractivity contribution in [3.63, 3.8) is 0 Å². The standard InChI is InChI=1S/C26H28ClN3O3/c1-17-21(12-18-8-10-30(11-9-18)25(32)33-26(2,3)4)14-22(27)15-23(17)29-24(31)20-7-5-6-19(13-20)16-28/h5-7,12-15H,8-11H2,1-4H3,(H,29,31). The van der Waals surface area contributed by atoms with Gasteiger partial charge < -0.3 is 15.0 Å². The van der Waals surface area contributed by atoms with Crippen molar-refractivity contribution in [3.8, 4) is 6.07 Å². The highest BCUT2D eigenvalue weighted by molar-refractivity contribution is 6.31. The van der Waals surface area contributed by atoms with Gasteiger partial charge in [0.25, 0.3) is 5.91 Å². The molecule has 1 heterocycles. The van der Waals surface area contributed by atoms with Crippen LogP contribution in [0.2, 0.25) is 5.02 Å². The van der Waals surface area contributed by atoms with Crippen molar-refractivity contribution in [2.45, 2.75) is 46.1 Å². The molecule has 0 aromatic heterocycles. The van der Waals surface area contributed by atoms with E-state index < -0.39 is 5.60 Å². The molecule has 2 aromatic rings. The fraction of sp³-hybridized carbons (Fsp3) is 0.346. The Hall–Kier alpha value is -3.30. The topological polar surface area (TPSA) is 82.4 Å². The van der Waals surface area contributed by atoms with E-state index in [9.17, 15) is 9.59 Å². The lowest BCUT2D eigenvalue weighted by Crippen LogP contribution is -2.40. The highest BCUT2D eigenvalue weighted by atomic mass is 35.5. The number of carbonyl (C=O) groups excluding carboxylic acids is 2. The van der Waals surface area contributed by atoms with Crippen LogP contribution in [0.15, 0.2) is 42.0 Å². The Labute approximate surface area is 199 Å². The van der Waals surface area contributed by atoms with E-state index in [0.29, 0.717) is 34.9 Å². The fourth-order valence-electron chi connectivity index (χ4n) is 3.57. The number of nitrogens with zero attached hydrogens (tertiary/aromatic N) is 2. The molecule has 0 saturated carbocycles. The summed E-state index contributed by atoms with van der Waals surface area (Å²) in [5.41, 5.74) is 3.96. The summed E-state index contributed by atoms with van der Waals surface area (Å²) in [5, 5.41) is 12.5. The summed E-state index contributed by atoms with van der Waals surface area (Å²) in [6, 6.07) is 12.2. The summed E-state index contributed by atoms with van der Waals surface area (Å²) < 4.78 is 5.46. The molecular weight excluding hydrogens is 438 g/mol. The maximum Gasteiger partial charge on any atom is 0.410 e. The molecule has 0 unspecified atom stereocenters. The van der Waals surface area contributed by atoms with Gasteiger partial charge in [-0.2, -0.15) is 5.26 Å². The Morgan fingerprint density at radius 3 is 2.52 bits per heavy atom. The predicted molar refractivity (Wildman–Crippen MR) is 130 cm³/mol. The molecule has 33 heavy (non-hydrogen) atoms. The molecule has 1 saturated heterocycles. The molecule has 0 bridgehead atoms. The number of amides is 2. The third kappa shape index (κ3) is 6.59. The monoisotopic (exact) mass is 465 g/mol. The van der Waals surface area contributed by atoms with Crippen LogP contribution in [0.25, 0.3) is 6.08 Å². The number of nitrogens with one attached hydrogen (secondary N) is 1. The van der Waals surface area contributed by atoms with Crippen LogP contribution in [0.5, 0.6) is 0 Å². The molecule has 3 rings (SSSR count). The second-order valence-electron chi connectivity index (χ2n) is 9.08. The first-order valence-corrected chi connectivity index (χ1v) is 11.2. The molecule has 6 nitrogen and oxygen atoms in total. The van der Waals surface area contributed by atoms with E-state index in [-0.39, 0.29) is 12.0 Å². The van der Waals surface area contributed by atoms with Gasteiger partial charge in [-0.1, -0.05) is 29.3 Å². The quantitative estimate of drug-likeness (QED) is 0.586. The van der Waals surface area contributed by atoms with Gasteiger partial charge in [0.15, 0.2) is 0 Å². The van der Waals surface area contributed by atoms with Crippen molar-refractivity contribution in [2.75, 3.05) is 18.4 Å². The number of benzene rings is 2. The predicted octanol–water partition coefficient (Wildman–Crippen LogP) is 6.19. The third-order valence-corrected chi connectivity index (χ3v) is 5.55. The third-order valence-electron chi connectivity index (χ3n) is 5.33. The van der Waals surface area contributed by atoms with E-state index in [2.05, 4.69) is 11.4 Å². The molecule has 7 heteroatoms. The van der Waals surface area contributed by atoms with Gasteiger partial charge in [-0.3, -0.25) is 4.79 Å². The lowest BCUT2D eigenvalue weighted by molar-refractivity contribution is 0.0236. The molecule has 172 valence electrons. The van der Waals surface area contributed by atoms with Gasteiger partial charge in [-0.05, 0) is 82.0 Å². The van der Waals surface area contributed by atoms with Crippen molar-refractivity contribution < 1.29 is 14.3 Å². The highest BCUT2D eigenvalue weighted by Gasteiger charge is 2.24. The fourth-order valence-corrected chi connectivity index (χ4v) is 3.80. The summed E-state index contributed by atoms with van der Waals surface area (Å²) in [4.78, 5) is 26.7. The Kier molecular flexibility index (Phi) is 7.45. The summed E-state index contributed by atoms with van der Waals surface area (Å²) in [6.07, 6.45) is 3.28. The van der Waals surface area contributed by atoms with Gasteiger partial charge in [-0.25, -0.2) is 4.79 Å². The smallest absolute Gasteiger partial charge is 0.410 e. The Balaban J connectivity index is 1.74. The Bertz CT molecular complexity index is 1130. The van der Waals surface area contributed by atoms with Gasteiger partial charge in [0, 0.05) is 29.4 Å². The summed E-state index contributed by atoms with van der Waals surface area (Å²) >= 11 is 6.35. The van der Waals surface area contributed by atoms with Crippen molar-refractivity contribution in [1.29, 1.82) is 5.26 Å². The molecule has 2 aromatic carbocycles. The van der Waals surface area contributed by atoms with E-state index in [4.69, 9.17) is 21.6 Å². The minimum absolute atomic E-state index is 0.286. The zero-order chi connectivity index (χ0) is 24.2. The van der Waals surface area contributed by atoms with E-state index in [1.54, 1.807) is 35.2 Å². The highest BCUT2D eigenvalue weighted by Crippen LogP contribution is 2.29. The molecule has 1 N–H and O–H groups in total. The number of ether oxygens (including phenoxy) is 1. The van der Waals surface area contributed by atoms with E-state index in [1.807, 2.05) is 39.8 Å². The summed E-state index contributed by atoms with van der Waals surface area (Å²) in [7, 11) is 0. The zero-order valence-electron chi connectivity index (χ0n) is 19.4. The maximum atomic E-state index is 12.7. The summed E-state index contributed by atoms with van der Waals surface area (Å²) in [6.45, 7) is 8.70. The first-order chi connectivity index (χ1) is 15.6. The van der Waals surface area contributed by atoms with Crippen molar-refractivity contribution in [1.82, 2.24) is 4.90 Å². The number of hydrogen-bond acceptors (Lipinski definition) is 4. The molecule has 0 spiro atoms. The van der Waals surface area contributed by atoms with Crippen LogP contribution in [-0.2, 0) is 4.74 Å². The van der Waals surface area contributed by atoms with E-state index in [0.717, 1.165) is 24.0 Å². The van der Waals surface area contributed by atoms with Crippen LogP contribution in [0.3, 0.4) is 0 Å². The molecular formula is C26H28ClN3O3. The van der Waals surface area contributed by atoms with Crippen LogP contribution >= 0.6 is 11.6 Å². The number of likely N-dealkylation sites (tertiary alicyclic amines) is 1. The van der Waals surface area contributed by atoms with E-state index in [1.165, 1.54) is 5.57 Å². The van der Waals surface area contributed by atoms with Crippen LogP contribution in [0.4, 0.5) is 10.5 Å². The second kappa shape index (κ2) is 10.1.